The van der Waals surface area contributed by atoms with Gasteiger partial charge >= 0.3 is 4.87 Å². The summed E-state index contributed by atoms with van der Waals surface area (Å²) in [6.07, 6.45) is 1.86. The van der Waals surface area contributed by atoms with Crippen LogP contribution in [0.3, 0.4) is 0 Å². The summed E-state index contributed by atoms with van der Waals surface area (Å²) in [4.78, 5) is 21.7. The van der Waals surface area contributed by atoms with E-state index in [1.165, 1.54) is 21.7 Å². The smallest absolute Gasteiger partial charge is 0.308 e. The first-order valence-corrected chi connectivity index (χ1v) is 5.41. The van der Waals surface area contributed by atoms with Crippen LogP contribution < -0.4 is 10.6 Å². The molecule has 0 saturated heterocycles. The Morgan fingerprint density at radius 1 is 1.83 bits per heavy atom. The van der Waals surface area contributed by atoms with Crippen LogP contribution in [0.1, 0.15) is 10.5 Å². The highest BCUT2D eigenvalue weighted by Crippen LogP contribution is 2.05. The Hall–Kier alpha value is -0.750. The largest absolute Gasteiger partial charge is 0.364 e. The van der Waals surface area contributed by atoms with Crippen molar-refractivity contribution in [2.45, 2.75) is 5.88 Å². The van der Waals surface area contributed by atoms with Gasteiger partial charge in [0.2, 0.25) is 0 Å². The molecule has 1 aromatic heterocycles. The van der Waals surface area contributed by atoms with Gasteiger partial charge in [-0.15, -0.1) is 11.8 Å². The van der Waals surface area contributed by atoms with Gasteiger partial charge in [0.25, 0.3) is 5.91 Å². The molecule has 0 radical (unpaired) electrons. The molecule has 0 atom stereocenters. The molecule has 0 unspecified atom stereocenters. The molecule has 1 heterocycles. The van der Waals surface area contributed by atoms with E-state index < -0.39 is 5.91 Å². The van der Waals surface area contributed by atoms with E-state index in [4.69, 9.17) is 5.73 Å². The molecule has 0 saturated carbocycles. The number of thioether (sulfide) groups is 1. The van der Waals surface area contributed by atoms with Crippen LogP contribution in [0.15, 0.2) is 10.2 Å². The van der Waals surface area contributed by atoms with Gasteiger partial charge in [0, 0.05) is 5.38 Å². The maximum Gasteiger partial charge on any atom is 0.308 e. The Bertz CT molecular complexity index is 342. The van der Waals surface area contributed by atoms with E-state index in [0.29, 0.717) is 11.6 Å². The van der Waals surface area contributed by atoms with Gasteiger partial charge in [0.15, 0.2) is 0 Å². The van der Waals surface area contributed by atoms with Crippen molar-refractivity contribution >= 4 is 29.0 Å². The van der Waals surface area contributed by atoms with E-state index in [2.05, 4.69) is 0 Å². The van der Waals surface area contributed by atoms with Crippen LogP contribution >= 0.6 is 23.1 Å². The fourth-order valence-electron chi connectivity index (χ4n) is 0.774. The number of hydrogen-bond donors (Lipinski definition) is 1. The first kappa shape index (κ1) is 9.34. The van der Waals surface area contributed by atoms with Crippen molar-refractivity contribution < 1.29 is 4.79 Å². The van der Waals surface area contributed by atoms with E-state index in [9.17, 15) is 9.59 Å². The molecule has 0 aliphatic heterocycles. The first-order valence-electron chi connectivity index (χ1n) is 3.14. The number of hydrogen-bond acceptors (Lipinski definition) is 4. The molecule has 0 bridgehead atoms. The molecule has 66 valence electrons. The van der Waals surface area contributed by atoms with Crippen molar-refractivity contribution in [3.05, 3.63) is 20.7 Å². The number of carbonyl (C=O) groups is 1. The Labute approximate surface area is 77.4 Å². The molecule has 6 heteroatoms. The van der Waals surface area contributed by atoms with E-state index in [1.54, 1.807) is 0 Å². The quantitative estimate of drug-likeness (QED) is 0.771. The molecule has 0 aromatic carbocycles. The number of aromatic nitrogens is 1. The molecule has 12 heavy (non-hydrogen) atoms. The lowest BCUT2D eigenvalue weighted by atomic mass is 10.5. The summed E-state index contributed by atoms with van der Waals surface area (Å²) >= 11 is 2.46. The molecular weight excluding hydrogens is 196 g/mol. The topological polar surface area (TPSA) is 65.1 Å². The first-order chi connectivity index (χ1) is 5.66. The van der Waals surface area contributed by atoms with Gasteiger partial charge in [-0.25, -0.2) is 0 Å². The second kappa shape index (κ2) is 3.77. The van der Waals surface area contributed by atoms with Crippen LogP contribution in [0.4, 0.5) is 0 Å². The molecule has 4 nitrogen and oxygen atoms in total. The molecule has 0 fully saturated rings. The van der Waals surface area contributed by atoms with Gasteiger partial charge in [-0.3, -0.25) is 14.2 Å². The Morgan fingerprint density at radius 2 is 2.50 bits per heavy atom. The third-order valence-corrected chi connectivity index (χ3v) is 2.57. The summed E-state index contributed by atoms with van der Waals surface area (Å²) in [6.45, 7) is 0. The molecular formula is C6H8N2O2S2. The van der Waals surface area contributed by atoms with Gasteiger partial charge in [-0.05, 0) is 6.26 Å². The van der Waals surface area contributed by atoms with Gasteiger partial charge in [-0.1, -0.05) is 11.3 Å². The molecule has 2 N–H and O–H groups in total. The number of nitrogens with two attached hydrogens (primary N) is 1. The maximum absolute atomic E-state index is 11.1. The average molecular weight is 204 g/mol. The monoisotopic (exact) mass is 204 g/mol. The summed E-state index contributed by atoms with van der Waals surface area (Å²) in [5, 5.41) is 1.49. The highest BCUT2D eigenvalue weighted by Gasteiger charge is 2.09. The second-order valence-electron chi connectivity index (χ2n) is 2.10. The highest BCUT2D eigenvalue weighted by atomic mass is 32.2. The maximum atomic E-state index is 11.1. The molecule has 1 rings (SSSR count). The normalized spacial score (nSPS) is 10.1. The highest BCUT2D eigenvalue weighted by molar-refractivity contribution is 7.97. The second-order valence-corrected chi connectivity index (χ2v) is 3.75. The predicted molar refractivity (Wildman–Crippen MR) is 50.6 cm³/mol. The van der Waals surface area contributed by atoms with E-state index in [0.717, 1.165) is 11.3 Å². The van der Waals surface area contributed by atoms with Crippen LogP contribution in [-0.4, -0.2) is 16.7 Å². The van der Waals surface area contributed by atoms with E-state index >= 15 is 0 Å². The van der Waals surface area contributed by atoms with E-state index in [1.807, 2.05) is 6.26 Å². The van der Waals surface area contributed by atoms with Gasteiger partial charge in [-0.2, -0.15) is 0 Å². The van der Waals surface area contributed by atoms with Crippen LogP contribution in [0.2, 0.25) is 0 Å². The third kappa shape index (κ3) is 1.70. The minimum atomic E-state index is -0.553. The van der Waals surface area contributed by atoms with Crippen molar-refractivity contribution in [2.24, 2.45) is 5.73 Å². The summed E-state index contributed by atoms with van der Waals surface area (Å²) in [6, 6.07) is 0. The third-order valence-electron chi connectivity index (χ3n) is 1.29. The zero-order chi connectivity index (χ0) is 9.14. The van der Waals surface area contributed by atoms with Gasteiger partial charge < -0.3 is 5.73 Å². The number of amides is 1. The molecule has 0 aliphatic carbocycles. The summed E-state index contributed by atoms with van der Waals surface area (Å²) in [5.41, 5.74) is 5.35. The number of thiazole rings is 1. The van der Waals surface area contributed by atoms with Crippen molar-refractivity contribution in [3.63, 3.8) is 0 Å². The zero-order valence-corrected chi connectivity index (χ0v) is 8.08. The Balaban J connectivity index is 3.12. The van der Waals surface area contributed by atoms with Crippen LogP contribution in [0.5, 0.6) is 0 Å². The van der Waals surface area contributed by atoms with Crippen LogP contribution in [-0.2, 0) is 5.88 Å². The minimum absolute atomic E-state index is 0.141. The summed E-state index contributed by atoms with van der Waals surface area (Å²) in [7, 11) is 0. The SMILES string of the molecule is CSCn1c(C(N)=O)csc1=O. The van der Waals surface area contributed by atoms with Gasteiger partial charge in [0.05, 0.1) is 5.88 Å². The summed E-state index contributed by atoms with van der Waals surface area (Å²) < 4.78 is 1.37. The van der Waals surface area contributed by atoms with E-state index in [-0.39, 0.29) is 4.87 Å². The molecule has 1 aromatic rings. The molecule has 0 spiro atoms. The lowest BCUT2D eigenvalue weighted by Gasteiger charge is -2.00. The van der Waals surface area contributed by atoms with Crippen molar-refractivity contribution in [2.75, 3.05) is 6.26 Å². The standard InChI is InChI=1S/C6H8N2O2S2/c1-11-3-8-4(5(7)9)2-12-6(8)10/h2H,3H2,1H3,(H2,7,9). The zero-order valence-electron chi connectivity index (χ0n) is 6.44. The fraction of sp³-hybridized carbons (Fsp3) is 0.333. The van der Waals surface area contributed by atoms with Crippen LogP contribution in [0, 0.1) is 0 Å². The number of rotatable bonds is 3. The average Bonchev–Trinajstić information content (AvgIpc) is 2.34. The number of carbonyl (C=O) groups excluding carboxylic acids is 1. The minimum Gasteiger partial charge on any atom is -0.364 e. The van der Waals surface area contributed by atoms with Crippen molar-refractivity contribution in [3.8, 4) is 0 Å². The van der Waals surface area contributed by atoms with Gasteiger partial charge in [0.1, 0.15) is 5.69 Å². The fourth-order valence-corrected chi connectivity index (χ4v) is 2.12. The lowest BCUT2D eigenvalue weighted by molar-refractivity contribution is 0.0992. The lowest BCUT2D eigenvalue weighted by Crippen LogP contribution is -2.22. The van der Waals surface area contributed by atoms with Crippen molar-refractivity contribution in [1.29, 1.82) is 0 Å². The van der Waals surface area contributed by atoms with Crippen LogP contribution in [0.25, 0.3) is 0 Å². The Kier molecular flexibility index (Phi) is 2.93. The molecule has 1 amide bonds. The summed E-state index contributed by atoms with van der Waals surface area (Å²) in [5.74, 6) is -0.0805. The number of primary amides is 1. The Morgan fingerprint density at radius 3 is 3.00 bits per heavy atom. The predicted octanol–water partition coefficient (Wildman–Crippen LogP) is 0.329. The molecule has 0 aliphatic rings. The van der Waals surface area contributed by atoms with Crippen molar-refractivity contribution in [1.82, 2.24) is 4.57 Å². The number of nitrogens with zero attached hydrogens (tertiary/aromatic N) is 1.